The molecule has 0 heterocycles. The van der Waals surface area contributed by atoms with Gasteiger partial charge in [0, 0.05) is 6.42 Å². The Labute approximate surface area is 67.6 Å². The van der Waals surface area contributed by atoms with Gasteiger partial charge in [-0.3, -0.25) is 0 Å². The lowest BCUT2D eigenvalue weighted by Gasteiger charge is -1.88. The summed E-state index contributed by atoms with van der Waals surface area (Å²) in [5, 5.41) is 0. The van der Waals surface area contributed by atoms with E-state index in [9.17, 15) is 0 Å². The molecule has 0 heteroatoms. The monoisotopic (exact) mass is 142 g/mol. The summed E-state index contributed by atoms with van der Waals surface area (Å²) < 4.78 is 0. The van der Waals surface area contributed by atoms with Gasteiger partial charge in [-0.05, 0) is 5.56 Å². The van der Waals surface area contributed by atoms with E-state index in [4.69, 9.17) is 6.42 Å². The molecule has 11 heavy (non-hydrogen) atoms. The van der Waals surface area contributed by atoms with E-state index in [1.54, 1.807) is 0 Å². The summed E-state index contributed by atoms with van der Waals surface area (Å²) in [5.74, 6) is 2.55. The summed E-state index contributed by atoms with van der Waals surface area (Å²) in [6.07, 6.45) is 9.80. The van der Waals surface area contributed by atoms with E-state index in [2.05, 4.69) is 5.92 Å². The van der Waals surface area contributed by atoms with Crippen molar-refractivity contribution in [3.05, 3.63) is 42.0 Å². The smallest absolute Gasteiger partial charge is 0.0270 e. The van der Waals surface area contributed by atoms with Crippen LogP contribution in [0.4, 0.5) is 0 Å². The van der Waals surface area contributed by atoms with Gasteiger partial charge in [-0.15, -0.1) is 12.3 Å². The first-order valence-corrected chi connectivity index (χ1v) is 3.58. The van der Waals surface area contributed by atoms with Crippen LogP contribution in [0, 0.1) is 12.3 Å². The molecule has 1 aromatic carbocycles. The molecule has 0 bridgehead atoms. The summed E-state index contributed by atoms with van der Waals surface area (Å²) >= 11 is 0. The highest BCUT2D eigenvalue weighted by Gasteiger charge is 1.79. The fourth-order valence-electron chi connectivity index (χ4n) is 0.827. The highest BCUT2D eigenvalue weighted by Crippen LogP contribution is 2.00. The maximum absolute atomic E-state index is 5.09. The molecule has 0 N–H and O–H groups in total. The molecular formula is C11H10. The van der Waals surface area contributed by atoms with Gasteiger partial charge in [-0.2, -0.15) is 0 Å². The zero-order valence-electron chi connectivity index (χ0n) is 6.33. The number of hydrogen-bond acceptors (Lipinski definition) is 0. The van der Waals surface area contributed by atoms with Crippen LogP contribution in [0.3, 0.4) is 0 Å². The second-order valence-electron chi connectivity index (χ2n) is 2.22. The average molecular weight is 142 g/mol. The van der Waals surface area contributed by atoms with E-state index in [-0.39, 0.29) is 0 Å². The minimum absolute atomic E-state index is 0.703. The molecule has 0 nitrogen and oxygen atoms in total. The molecule has 0 spiro atoms. The number of rotatable bonds is 2. The van der Waals surface area contributed by atoms with Gasteiger partial charge in [0.2, 0.25) is 0 Å². The lowest BCUT2D eigenvalue weighted by Crippen LogP contribution is -1.67. The van der Waals surface area contributed by atoms with Crippen molar-refractivity contribution in [1.29, 1.82) is 0 Å². The summed E-state index contributed by atoms with van der Waals surface area (Å²) in [4.78, 5) is 0. The van der Waals surface area contributed by atoms with Gasteiger partial charge >= 0.3 is 0 Å². The van der Waals surface area contributed by atoms with E-state index < -0.39 is 0 Å². The van der Waals surface area contributed by atoms with Crippen molar-refractivity contribution in [2.45, 2.75) is 6.42 Å². The Morgan fingerprint density at radius 3 is 2.64 bits per heavy atom. The quantitative estimate of drug-likeness (QED) is 0.557. The van der Waals surface area contributed by atoms with Gasteiger partial charge in [0.15, 0.2) is 0 Å². The van der Waals surface area contributed by atoms with E-state index in [0.717, 1.165) is 0 Å². The molecular weight excluding hydrogens is 132 g/mol. The minimum Gasteiger partial charge on any atom is -0.120 e. The van der Waals surface area contributed by atoms with Gasteiger partial charge in [0.25, 0.3) is 0 Å². The Balaban J connectivity index is 2.59. The third-order valence-electron chi connectivity index (χ3n) is 1.35. The van der Waals surface area contributed by atoms with Crippen LogP contribution in [0.1, 0.15) is 12.0 Å². The first kappa shape index (κ1) is 7.63. The van der Waals surface area contributed by atoms with Gasteiger partial charge in [0.05, 0.1) is 0 Å². The Kier molecular flexibility index (Phi) is 3.02. The maximum atomic E-state index is 5.09. The predicted molar refractivity (Wildman–Crippen MR) is 48.9 cm³/mol. The molecule has 1 aromatic rings. The molecule has 0 saturated carbocycles. The molecule has 0 aliphatic rings. The zero-order valence-corrected chi connectivity index (χ0v) is 6.33. The van der Waals surface area contributed by atoms with Crippen molar-refractivity contribution in [2.24, 2.45) is 0 Å². The van der Waals surface area contributed by atoms with E-state index >= 15 is 0 Å². The molecule has 0 aliphatic carbocycles. The average Bonchev–Trinajstić information content (AvgIpc) is 2.07. The highest BCUT2D eigenvalue weighted by molar-refractivity contribution is 5.48. The van der Waals surface area contributed by atoms with Crippen LogP contribution < -0.4 is 0 Å². The Hall–Kier alpha value is -1.48. The van der Waals surface area contributed by atoms with Crippen LogP contribution in [0.2, 0.25) is 0 Å². The number of hydrogen-bond donors (Lipinski definition) is 0. The van der Waals surface area contributed by atoms with Crippen molar-refractivity contribution in [3.63, 3.8) is 0 Å². The third-order valence-corrected chi connectivity index (χ3v) is 1.35. The first-order valence-electron chi connectivity index (χ1n) is 3.58. The second kappa shape index (κ2) is 4.35. The minimum atomic E-state index is 0.703. The van der Waals surface area contributed by atoms with Gasteiger partial charge in [-0.25, -0.2) is 0 Å². The fraction of sp³-hybridized carbons (Fsp3) is 0.0909. The largest absolute Gasteiger partial charge is 0.120 e. The van der Waals surface area contributed by atoms with Crippen LogP contribution in [-0.4, -0.2) is 0 Å². The van der Waals surface area contributed by atoms with Gasteiger partial charge in [-0.1, -0.05) is 42.5 Å². The molecule has 0 aliphatic heterocycles. The number of benzene rings is 1. The fourth-order valence-corrected chi connectivity index (χ4v) is 0.827. The van der Waals surface area contributed by atoms with Crippen molar-refractivity contribution < 1.29 is 0 Å². The van der Waals surface area contributed by atoms with Crippen LogP contribution in [0.5, 0.6) is 0 Å². The number of allylic oxidation sites excluding steroid dienone is 1. The maximum Gasteiger partial charge on any atom is 0.0270 e. The Bertz CT molecular complexity index is 262. The van der Waals surface area contributed by atoms with Crippen molar-refractivity contribution in [3.8, 4) is 12.3 Å². The topological polar surface area (TPSA) is 0 Å². The number of terminal acetylenes is 1. The van der Waals surface area contributed by atoms with Crippen molar-refractivity contribution >= 4 is 6.08 Å². The summed E-state index contributed by atoms with van der Waals surface area (Å²) in [7, 11) is 0. The van der Waals surface area contributed by atoms with E-state index in [0.29, 0.717) is 6.42 Å². The van der Waals surface area contributed by atoms with Crippen LogP contribution in [-0.2, 0) is 0 Å². The Morgan fingerprint density at radius 2 is 2.00 bits per heavy atom. The zero-order chi connectivity index (χ0) is 7.94. The SMILES string of the molecule is C#CC/C=C/c1ccccc1. The summed E-state index contributed by atoms with van der Waals surface area (Å²) in [6.45, 7) is 0. The predicted octanol–water partition coefficient (Wildman–Crippen LogP) is 2.72. The molecule has 0 amide bonds. The third kappa shape index (κ3) is 2.73. The van der Waals surface area contributed by atoms with Crippen LogP contribution in [0.15, 0.2) is 36.4 Å². The summed E-state index contributed by atoms with van der Waals surface area (Å²) in [6, 6.07) is 10.1. The second-order valence-corrected chi connectivity index (χ2v) is 2.22. The van der Waals surface area contributed by atoms with E-state index in [1.807, 2.05) is 42.5 Å². The summed E-state index contributed by atoms with van der Waals surface area (Å²) in [5.41, 5.74) is 1.20. The van der Waals surface area contributed by atoms with Crippen LogP contribution >= 0.6 is 0 Å². The van der Waals surface area contributed by atoms with Gasteiger partial charge < -0.3 is 0 Å². The molecule has 1 rings (SSSR count). The van der Waals surface area contributed by atoms with Gasteiger partial charge in [0.1, 0.15) is 0 Å². The molecule has 0 radical (unpaired) electrons. The normalized spacial score (nSPS) is 9.73. The van der Waals surface area contributed by atoms with E-state index in [1.165, 1.54) is 5.56 Å². The lowest BCUT2D eigenvalue weighted by molar-refractivity contribution is 1.49. The molecule has 54 valence electrons. The molecule has 0 saturated heterocycles. The lowest BCUT2D eigenvalue weighted by atomic mass is 10.2. The molecule has 0 unspecified atom stereocenters. The van der Waals surface area contributed by atoms with Crippen molar-refractivity contribution in [2.75, 3.05) is 0 Å². The Morgan fingerprint density at radius 1 is 1.27 bits per heavy atom. The molecule has 0 aromatic heterocycles. The van der Waals surface area contributed by atoms with Crippen LogP contribution in [0.25, 0.3) is 6.08 Å². The van der Waals surface area contributed by atoms with Crippen molar-refractivity contribution in [1.82, 2.24) is 0 Å². The standard InChI is InChI=1S/C11H10/c1-2-3-5-8-11-9-6-4-7-10-11/h1,4-10H,3H2/b8-5+. The molecule has 0 fully saturated rings. The highest BCUT2D eigenvalue weighted by atomic mass is 13.8. The first-order chi connectivity index (χ1) is 5.43. The molecule has 0 atom stereocenters.